The van der Waals surface area contributed by atoms with Gasteiger partial charge in [0, 0.05) is 12.7 Å². The second kappa shape index (κ2) is 5.39. The third-order valence-corrected chi connectivity index (χ3v) is 3.80. The van der Waals surface area contributed by atoms with Gasteiger partial charge in [-0.3, -0.25) is 9.59 Å². The fourth-order valence-electron chi connectivity index (χ4n) is 1.60. The second-order valence-corrected chi connectivity index (χ2v) is 5.21. The molecule has 0 spiro atoms. The highest BCUT2D eigenvalue weighted by Crippen LogP contribution is 2.28. The molecule has 17 heavy (non-hydrogen) atoms. The number of rotatable bonds is 4. The molecule has 1 aliphatic heterocycles. The largest absolute Gasteiger partial charge is 0.479 e. The van der Waals surface area contributed by atoms with Crippen LogP contribution in [0, 0.1) is 0 Å². The lowest BCUT2D eigenvalue weighted by Gasteiger charge is -2.26. The summed E-state index contributed by atoms with van der Waals surface area (Å²) < 4.78 is 0. The highest BCUT2D eigenvalue weighted by atomic mass is 32.2. The first kappa shape index (κ1) is 13.8. The average molecular weight is 260 g/mol. The molecule has 0 aliphatic carbocycles. The Bertz CT molecular complexity index is 339. The molecular formula is C10H16N2O4S. The monoisotopic (exact) mass is 260 g/mol. The normalized spacial score (nSPS) is 25.1. The van der Waals surface area contributed by atoms with Crippen molar-refractivity contribution < 1.29 is 19.5 Å². The number of aliphatic carboxylic acids is 1. The van der Waals surface area contributed by atoms with Crippen molar-refractivity contribution in [3.05, 3.63) is 0 Å². The van der Waals surface area contributed by atoms with Crippen LogP contribution in [-0.2, 0) is 14.4 Å². The van der Waals surface area contributed by atoms with Crippen molar-refractivity contribution in [2.45, 2.75) is 31.8 Å². The molecule has 1 rings (SSSR count). The van der Waals surface area contributed by atoms with Gasteiger partial charge in [-0.2, -0.15) is 11.8 Å². The molecule has 2 atom stereocenters. The Morgan fingerprint density at radius 3 is 2.47 bits per heavy atom. The number of carbonyl (C=O) groups is 3. The van der Waals surface area contributed by atoms with E-state index < -0.39 is 23.5 Å². The molecule has 0 saturated carbocycles. The molecule has 6 nitrogen and oxygen atoms in total. The van der Waals surface area contributed by atoms with E-state index in [0.29, 0.717) is 17.9 Å². The molecule has 0 aromatic heterocycles. The minimum Gasteiger partial charge on any atom is -0.479 e. The zero-order valence-corrected chi connectivity index (χ0v) is 10.6. The lowest BCUT2D eigenvalue weighted by Crippen LogP contribution is -2.58. The third-order valence-electron chi connectivity index (χ3n) is 2.61. The average Bonchev–Trinajstić information content (AvgIpc) is 2.66. The number of amides is 2. The minimum absolute atomic E-state index is 0.321. The van der Waals surface area contributed by atoms with Crippen LogP contribution in [0.5, 0.6) is 0 Å². The third kappa shape index (κ3) is 3.36. The van der Waals surface area contributed by atoms with Crippen LogP contribution >= 0.6 is 11.8 Å². The van der Waals surface area contributed by atoms with Gasteiger partial charge in [-0.25, -0.2) is 4.79 Å². The molecule has 0 radical (unpaired) electrons. The van der Waals surface area contributed by atoms with E-state index in [1.165, 1.54) is 25.6 Å². The lowest BCUT2D eigenvalue weighted by molar-refractivity contribution is -0.146. The van der Waals surface area contributed by atoms with Gasteiger partial charge < -0.3 is 15.7 Å². The van der Waals surface area contributed by atoms with E-state index in [1.54, 1.807) is 0 Å². The van der Waals surface area contributed by atoms with Crippen LogP contribution in [0.2, 0.25) is 0 Å². The first-order valence-corrected chi connectivity index (χ1v) is 6.43. The van der Waals surface area contributed by atoms with Gasteiger partial charge in [-0.15, -0.1) is 0 Å². The van der Waals surface area contributed by atoms with Crippen LogP contribution in [0.1, 0.15) is 20.3 Å². The van der Waals surface area contributed by atoms with Gasteiger partial charge in [-0.05, 0) is 19.1 Å². The smallest absolute Gasteiger partial charge is 0.330 e. The molecule has 0 aromatic rings. The van der Waals surface area contributed by atoms with Crippen molar-refractivity contribution in [3.63, 3.8) is 0 Å². The standard InChI is InChI=1S/C10H16N2O4S/c1-6(11-7(2)13)8(14)12-10(9(15)16)3-4-17-5-10/h6H,3-5H2,1-2H3,(H,11,13)(H,12,14)(H,15,16). The lowest BCUT2D eigenvalue weighted by atomic mass is 9.98. The number of hydrogen-bond acceptors (Lipinski definition) is 4. The zero-order valence-electron chi connectivity index (χ0n) is 9.78. The molecule has 2 unspecified atom stereocenters. The summed E-state index contributed by atoms with van der Waals surface area (Å²) in [5.41, 5.74) is -1.19. The molecule has 7 heteroatoms. The second-order valence-electron chi connectivity index (χ2n) is 4.10. The van der Waals surface area contributed by atoms with Gasteiger partial charge in [0.2, 0.25) is 11.8 Å². The Morgan fingerprint density at radius 1 is 1.41 bits per heavy atom. The maximum Gasteiger partial charge on any atom is 0.330 e. The first-order chi connectivity index (χ1) is 7.87. The van der Waals surface area contributed by atoms with Crippen molar-refractivity contribution in [1.82, 2.24) is 10.6 Å². The predicted molar refractivity (Wildman–Crippen MR) is 63.7 cm³/mol. The quantitative estimate of drug-likeness (QED) is 0.638. The summed E-state index contributed by atoms with van der Waals surface area (Å²) in [4.78, 5) is 33.7. The Morgan fingerprint density at radius 2 is 2.06 bits per heavy atom. The van der Waals surface area contributed by atoms with Gasteiger partial charge in [-0.1, -0.05) is 0 Å². The maximum atomic E-state index is 11.7. The number of carboxylic acids is 1. The summed E-state index contributed by atoms with van der Waals surface area (Å²) in [6.45, 7) is 2.83. The van der Waals surface area contributed by atoms with Crippen LogP contribution in [0.25, 0.3) is 0 Å². The van der Waals surface area contributed by atoms with Gasteiger partial charge in [0.1, 0.15) is 11.6 Å². The highest BCUT2D eigenvalue weighted by Gasteiger charge is 2.43. The summed E-state index contributed by atoms with van der Waals surface area (Å²) in [5.74, 6) is -0.740. The van der Waals surface area contributed by atoms with Crippen molar-refractivity contribution in [3.8, 4) is 0 Å². The summed E-state index contributed by atoms with van der Waals surface area (Å²) in [5, 5.41) is 14.1. The molecule has 1 aliphatic rings. The van der Waals surface area contributed by atoms with E-state index in [4.69, 9.17) is 5.11 Å². The Balaban J connectivity index is 2.65. The van der Waals surface area contributed by atoms with Crippen molar-refractivity contribution >= 4 is 29.5 Å². The Kier molecular flexibility index (Phi) is 4.39. The van der Waals surface area contributed by atoms with Crippen molar-refractivity contribution in [2.75, 3.05) is 11.5 Å². The summed E-state index contributed by atoms with van der Waals surface area (Å²) >= 11 is 1.49. The number of thioether (sulfide) groups is 1. The molecule has 1 heterocycles. The van der Waals surface area contributed by atoms with E-state index in [2.05, 4.69) is 10.6 Å². The number of carboxylic acid groups (broad SMARTS) is 1. The van der Waals surface area contributed by atoms with Gasteiger partial charge >= 0.3 is 5.97 Å². The minimum atomic E-state index is -1.19. The molecule has 1 saturated heterocycles. The van der Waals surface area contributed by atoms with Gasteiger partial charge in [0.25, 0.3) is 0 Å². The SMILES string of the molecule is CC(=O)NC(C)C(=O)NC1(C(=O)O)CCSC1. The first-order valence-electron chi connectivity index (χ1n) is 5.28. The predicted octanol–water partition coefficient (Wildman–Crippen LogP) is -0.412. The van der Waals surface area contributed by atoms with E-state index in [0.717, 1.165) is 0 Å². The summed E-state index contributed by atoms with van der Waals surface area (Å²) in [6.07, 6.45) is 0.408. The Labute approximate surface area is 104 Å². The van der Waals surface area contributed by atoms with E-state index in [-0.39, 0.29) is 5.91 Å². The van der Waals surface area contributed by atoms with E-state index >= 15 is 0 Å². The van der Waals surface area contributed by atoms with E-state index in [9.17, 15) is 14.4 Å². The van der Waals surface area contributed by atoms with Gasteiger partial charge in [0.05, 0.1) is 0 Å². The van der Waals surface area contributed by atoms with Crippen LogP contribution in [0.15, 0.2) is 0 Å². The molecule has 1 fully saturated rings. The molecule has 0 aromatic carbocycles. The van der Waals surface area contributed by atoms with Crippen LogP contribution in [0.4, 0.5) is 0 Å². The molecule has 2 amide bonds. The van der Waals surface area contributed by atoms with Crippen LogP contribution < -0.4 is 10.6 Å². The molecule has 0 bridgehead atoms. The maximum absolute atomic E-state index is 11.7. The number of hydrogen-bond donors (Lipinski definition) is 3. The van der Waals surface area contributed by atoms with E-state index in [1.807, 2.05) is 0 Å². The van der Waals surface area contributed by atoms with Crippen LogP contribution in [0.3, 0.4) is 0 Å². The molecular weight excluding hydrogens is 244 g/mol. The highest BCUT2D eigenvalue weighted by molar-refractivity contribution is 7.99. The summed E-state index contributed by atoms with van der Waals surface area (Å²) in [6, 6.07) is -0.727. The fourth-order valence-corrected chi connectivity index (χ4v) is 2.93. The summed E-state index contributed by atoms with van der Waals surface area (Å²) in [7, 11) is 0. The molecule has 96 valence electrons. The zero-order chi connectivity index (χ0) is 13.1. The van der Waals surface area contributed by atoms with Crippen molar-refractivity contribution in [2.24, 2.45) is 0 Å². The Hall–Kier alpha value is -1.24. The van der Waals surface area contributed by atoms with Crippen LogP contribution in [-0.4, -0.2) is 46.0 Å². The number of nitrogens with one attached hydrogen (secondary N) is 2. The van der Waals surface area contributed by atoms with Crippen molar-refractivity contribution in [1.29, 1.82) is 0 Å². The fraction of sp³-hybridized carbons (Fsp3) is 0.700. The topological polar surface area (TPSA) is 95.5 Å². The van der Waals surface area contributed by atoms with Gasteiger partial charge in [0.15, 0.2) is 0 Å². The number of carbonyl (C=O) groups excluding carboxylic acids is 2. The molecule has 3 N–H and O–H groups in total.